The van der Waals surface area contributed by atoms with Crippen molar-refractivity contribution in [2.24, 2.45) is 0 Å². The summed E-state index contributed by atoms with van der Waals surface area (Å²) in [5.74, 6) is 0.582. The van der Waals surface area contributed by atoms with E-state index in [2.05, 4.69) is 39.6 Å². The van der Waals surface area contributed by atoms with Crippen LogP contribution in [-0.4, -0.2) is 62.5 Å². The van der Waals surface area contributed by atoms with Gasteiger partial charge in [-0.15, -0.1) is 5.10 Å². The van der Waals surface area contributed by atoms with E-state index in [0.29, 0.717) is 29.2 Å². The maximum absolute atomic E-state index is 12.7. The van der Waals surface area contributed by atoms with Crippen LogP contribution in [0.5, 0.6) is 5.75 Å². The van der Waals surface area contributed by atoms with Crippen LogP contribution in [0, 0.1) is 0 Å². The van der Waals surface area contributed by atoms with Crippen LogP contribution >= 0.6 is 11.8 Å². The van der Waals surface area contributed by atoms with Gasteiger partial charge in [0.05, 0.1) is 17.0 Å². The minimum atomic E-state index is -0.327. The zero-order valence-electron chi connectivity index (χ0n) is 16.7. The summed E-state index contributed by atoms with van der Waals surface area (Å²) in [4.78, 5) is 15.0. The van der Waals surface area contributed by atoms with Crippen LogP contribution in [0.15, 0.2) is 29.4 Å². The predicted octanol–water partition coefficient (Wildman–Crippen LogP) is 2.85. The largest absolute Gasteiger partial charge is 0.490 e. The molecule has 28 heavy (non-hydrogen) atoms. The van der Waals surface area contributed by atoms with E-state index in [9.17, 15) is 4.79 Å². The molecular formula is C19H28N6O2S. The van der Waals surface area contributed by atoms with Gasteiger partial charge in [-0.2, -0.15) is 0 Å². The third-order valence-electron chi connectivity index (χ3n) is 4.71. The molecule has 1 heterocycles. The zero-order chi connectivity index (χ0) is 19.9. The molecule has 1 atom stereocenters. The van der Waals surface area contributed by atoms with Crippen molar-refractivity contribution >= 4 is 23.4 Å². The van der Waals surface area contributed by atoms with Gasteiger partial charge in [0.2, 0.25) is 11.1 Å². The highest BCUT2D eigenvalue weighted by Gasteiger charge is 2.29. The van der Waals surface area contributed by atoms with Gasteiger partial charge >= 0.3 is 0 Å². The summed E-state index contributed by atoms with van der Waals surface area (Å²) in [6.45, 7) is 9.54. The number of hydrogen-bond donors (Lipinski definition) is 1. The molecule has 1 aromatic heterocycles. The average molecular weight is 405 g/mol. The highest BCUT2D eigenvalue weighted by molar-refractivity contribution is 8.00. The van der Waals surface area contributed by atoms with Crippen LogP contribution in [0.2, 0.25) is 0 Å². The highest BCUT2D eigenvalue weighted by Crippen LogP contribution is 2.37. The van der Waals surface area contributed by atoms with Crippen LogP contribution in [0.4, 0.5) is 5.69 Å². The van der Waals surface area contributed by atoms with E-state index in [1.165, 1.54) is 11.8 Å². The molecule has 0 radical (unpaired) electrons. The fourth-order valence-electron chi connectivity index (χ4n) is 2.78. The third-order valence-corrected chi connectivity index (χ3v) is 5.76. The Balaban J connectivity index is 1.56. The molecule has 8 nitrogen and oxygen atoms in total. The summed E-state index contributed by atoms with van der Waals surface area (Å²) < 4.78 is 7.74. The smallest absolute Gasteiger partial charge is 0.237 e. The van der Waals surface area contributed by atoms with E-state index < -0.39 is 0 Å². The summed E-state index contributed by atoms with van der Waals surface area (Å²) in [5, 5.41) is 15.2. The first-order valence-electron chi connectivity index (χ1n) is 9.81. The first-order chi connectivity index (χ1) is 13.6. The molecule has 1 fully saturated rings. The molecular weight excluding hydrogens is 376 g/mol. The lowest BCUT2D eigenvalue weighted by molar-refractivity contribution is -0.115. The van der Waals surface area contributed by atoms with Crippen LogP contribution in [0.3, 0.4) is 0 Å². The molecule has 0 spiro atoms. The van der Waals surface area contributed by atoms with Crippen molar-refractivity contribution in [1.82, 2.24) is 25.1 Å². The number of nitrogens with one attached hydrogen (secondary N) is 1. The standard InChI is InChI=1S/C19H28N6O2S/c1-4-24(5-2)12-13-27-17-9-7-6-8-16(17)20-18(26)14(3)28-19-21-22-23-25(19)15-10-11-15/h6-9,14-15H,4-5,10-13H2,1-3H3,(H,20,26). The van der Waals surface area contributed by atoms with Crippen molar-refractivity contribution in [2.45, 2.75) is 50.1 Å². The molecule has 1 aliphatic rings. The van der Waals surface area contributed by atoms with Crippen molar-refractivity contribution in [2.75, 3.05) is 31.6 Å². The highest BCUT2D eigenvalue weighted by atomic mass is 32.2. The van der Waals surface area contributed by atoms with Gasteiger partial charge < -0.3 is 15.0 Å². The molecule has 1 aromatic carbocycles. The lowest BCUT2D eigenvalue weighted by Gasteiger charge is -2.19. The number of carbonyl (C=O) groups is 1. The van der Waals surface area contributed by atoms with Gasteiger partial charge in [0.1, 0.15) is 12.4 Å². The fourth-order valence-corrected chi connectivity index (χ4v) is 3.64. The number of rotatable bonds is 11. The van der Waals surface area contributed by atoms with Crippen molar-refractivity contribution in [3.05, 3.63) is 24.3 Å². The van der Waals surface area contributed by atoms with Crippen LogP contribution in [0.25, 0.3) is 0 Å². The minimum Gasteiger partial charge on any atom is -0.490 e. The van der Waals surface area contributed by atoms with Gasteiger partial charge in [0.15, 0.2) is 0 Å². The second-order valence-electron chi connectivity index (χ2n) is 6.76. The lowest BCUT2D eigenvalue weighted by atomic mass is 10.3. The summed E-state index contributed by atoms with van der Waals surface area (Å²) in [6, 6.07) is 7.91. The molecule has 0 saturated heterocycles. The second-order valence-corrected chi connectivity index (χ2v) is 8.07. The van der Waals surface area contributed by atoms with E-state index in [1.54, 1.807) is 0 Å². The summed E-state index contributed by atoms with van der Waals surface area (Å²) in [6.07, 6.45) is 2.19. The maximum Gasteiger partial charge on any atom is 0.237 e. The van der Waals surface area contributed by atoms with E-state index in [-0.39, 0.29) is 11.2 Å². The van der Waals surface area contributed by atoms with Gasteiger partial charge in [-0.05, 0) is 55.4 Å². The van der Waals surface area contributed by atoms with Crippen molar-refractivity contribution < 1.29 is 9.53 Å². The van der Waals surface area contributed by atoms with Gasteiger partial charge in [-0.1, -0.05) is 37.7 Å². The molecule has 152 valence electrons. The number of thioether (sulfide) groups is 1. The summed E-state index contributed by atoms with van der Waals surface area (Å²) in [5.41, 5.74) is 0.682. The van der Waals surface area contributed by atoms with Crippen LogP contribution < -0.4 is 10.1 Å². The Morgan fingerprint density at radius 2 is 2.11 bits per heavy atom. The number of anilines is 1. The molecule has 2 aromatic rings. The average Bonchev–Trinajstić information content (AvgIpc) is 3.45. The quantitative estimate of drug-likeness (QED) is 0.576. The molecule has 1 aliphatic carbocycles. The zero-order valence-corrected chi connectivity index (χ0v) is 17.5. The third kappa shape index (κ3) is 5.45. The molecule has 3 rings (SSSR count). The number of para-hydroxylation sites is 2. The Bertz CT molecular complexity index is 775. The Kier molecular flexibility index (Phi) is 7.27. The van der Waals surface area contributed by atoms with E-state index in [1.807, 2.05) is 35.9 Å². The van der Waals surface area contributed by atoms with Crippen molar-refractivity contribution in [3.63, 3.8) is 0 Å². The fraction of sp³-hybridized carbons (Fsp3) is 0.579. The predicted molar refractivity (Wildman–Crippen MR) is 110 cm³/mol. The summed E-state index contributed by atoms with van der Waals surface area (Å²) >= 11 is 1.37. The number of ether oxygens (including phenoxy) is 1. The molecule has 1 unspecified atom stereocenters. The van der Waals surface area contributed by atoms with Crippen LogP contribution in [0.1, 0.15) is 39.7 Å². The Hall–Kier alpha value is -2.13. The molecule has 1 saturated carbocycles. The number of carbonyl (C=O) groups excluding carboxylic acids is 1. The van der Waals surface area contributed by atoms with Gasteiger partial charge in [0.25, 0.3) is 0 Å². The molecule has 0 aliphatic heterocycles. The number of benzene rings is 1. The van der Waals surface area contributed by atoms with Gasteiger partial charge in [-0.25, -0.2) is 4.68 Å². The van der Waals surface area contributed by atoms with Crippen molar-refractivity contribution in [1.29, 1.82) is 0 Å². The molecule has 1 N–H and O–H groups in total. The van der Waals surface area contributed by atoms with E-state index in [0.717, 1.165) is 32.5 Å². The first-order valence-corrected chi connectivity index (χ1v) is 10.7. The maximum atomic E-state index is 12.7. The number of hydrogen-bond acceptors (Lipinski definition) is 7. The Morgan fingerprint density at radius 3 is 2.82 bits per heavy atom. The van der Waals surface area contributed by atoms with Gasteiger partial charge in [0, 0.05) is 6.54 Å². The van der Waals surface area contributed by atoms with Crippen LogP contribution in [-0.2, 0) is 4.79 Å². The summed E-state index contributed by atoms with van der Waals surface area (Å²) in [7, 11) is 0. The molecule has 9 heteroatoms. The first kappa shape index (κ1) is 20.6. The van der Waals surface area contributed by atoms with Crippen molar-refractivity contribution in [3.8, 4) is 5.75 Å². The van der Waals surface area contributed by atoms with E-state index >= 15 is 0 Å². The Morgan fingerprint density at radius 1 is 1.36 bits per heavy atom. The minimum absolute atomic E-state index is 0.102. The number of amides is 1. The van der Waals surface area contributed by atoms with E-state index in [4.69, 9.17) is 4.74 Å². The number of tetrazole rings is 1. The lowest BCUT2D eigenvalue weighted by Crippen LogP contribution is -2.28. The van der Waals surface area contributed by atoms with Gasteiger partial charge in [-0.3, -0.25) is 4.79 Å². The number of nitrogens with zero attached hydrogens (tertiary/aromatic N) is 5. The topological polar surface area (TPSA) is 85.2 Å². The monoisotopic (exact) mass is 404 g/mol. The number of likely N-dealkylation sites (N-methyl/N-ethyl adjacent to an activating group) is 1. The normalized spacial score (nSPS) is 14.9. The molecule has 0 bridgehead atoms. The number of aromatic nitrogens is 4. The molecule has 1 amide bonds. The Labute approximate surface area is 170 Å². The second kappa shape index (κ2) is 9.88. The SMILES string of the molecule is CCN(CC)CCOc1ccccc1NC(=O)C(C)Sc1nnnn1C1CC1.